The SMILES string of the molecule is CC(C)c1ccc(OCCC(=O)N2CCCN(C(N)=O)CC2)cc1. The molecule has 0 spiro atoms. The first-order chi connectivity index (χ1) is 11.5. The van der Waals surface area contributed by atoms with Gasteiger partial charge in [0.25, 0.3) is 0 Å². The smallest absolute Gasteiger partial charge is 0.314 e. The van der Waals surface area contributed by atoms with Gasteiger partial charge in [-0.25, -0.2) is 4.79 Å². The second-order valence-corrected chi connectivity index (χ2v) is 6.38. The zero-order valence-corrected chi connectivity index (χ0v) is 14.5. The summed E-state index contributed by atoms with van der Waals surface area (Å²) in [5, 5.41) is 0. The van der Waals surface area contributed by atoms with Crippen LogP contribution in [0, 0.1) is 0 Å². The molecule has 0 atom stereocenters. The lowest BCUT2D eigenvalue weighted by Gasteiger charge is -2.21. The van der Waals surface area contributed by atoms with Crippen molar-refractivity contribution in [3.05, 3.63) is 29.8 Å². The van der Waals surface area contributed by atoms with E-state index in [9.17, 15) is 9.59 Å². The van der Waals surface area contributed by atoms with Crippen molar-refractivity contribution in [1.29, 1.82) is 0 Å². The molecule has 1 heterocycles. The number of amides is 3. The van der Waals surface area contributed by atoms with Crippen LogP contribution < -0.4 is 10.5 Å². The van der Waals surface area contributed by atoms with Crippen LogP contribution in [-0.4, -0.2) is 54.5 Å². The van der Waals surface area contributed by atoms with Crippen LogP contribution in [0.5, 0.6) is 5.75 Å². The van der Waals surface area contributed by atoms with E-state index in [2.05, 4.69) is 26.0 Å². The van der Waals surface area contributed by atoms with Gasteiger partial charge < -0.3 is 20.3 Å². The van der Waals surface area contributed by atoms with E-state index >= 15 is 0 Å². The highest BCUT2D eigenvalue weighted by molar-refractivity contribution is 5.76. The highest BCUT2D eigenvalue weighted by Crippen LogP contribution is 2.18. The summed E-state index contributed by atoms with van der Waals surface area (Å²) in [7, 11) is 0. The molecule has 3 amide bonds. The monoisotopic (exact) mass is 333 g/mol. The fourth-order valence-corrected chi connectivity index (χ4v) is 2.75. The number of benzene rings is 1. The second-order valence-electron chi connectivity index (χ2n) is 6.38. The van der Waals surface area contributed by atoms with Crippen LogP contribution in [0.25, 0.3) is 0 Å². The second kappa shape index (κ2) is 8.57. The van der Waals surface area contributed by atoms with Gasteiger partial charge in [0.2, 0.25) is 5.91 Å². The van der Waals surface area contributed by atoms with Crippen LogP contribution in [0.2, 0.25) is 0 Å². The van der Waals surface area contributed by atoms with E-state index < -0.39 is 6.03 Å². The van der Waals surface area contributed by atoms with E-state index in [0.717, 1.165) is 12.2 Å². The van der Waals surface area contributed by atoms with E-state index in [-0.39, 0.29) is 5.91 Å². The number of urea groups is 1. The maximum atomic E-state index is 12.3. The molecule has 0 aromatic heterocycles. The van der Waals surface area contributed by atoms with Gasteiger partial charge in [0.1, 0.15) is 5.75 Å². The van der Waals surface area contributed by atoms with Crippen molar-refractivity contribution in [2.24, 2.45) is 5.73 Å². The summed E-state index contributed by atoms with van der Waals surface area (Å²) in [6, 6.07) is 7.56. The van der Waals surface area contributed by atoms with Gasteiger partial charge in [0.15, 0.2) is 0 Å². The number of carbonyl (C=O) groups is 2. The van der Waals surface area contributed by atoms with E-state index in [1.165, 1.54) is 5.56 Å². The summed E-state index contributed by atoms with van der Waals surface area (Å²) in [6.07, 6.45) is 1.09. The molecule has 1 aliphatic heterocycles. The Balaban J connectivity index is 1.75. The average molecular weight is 333 g/mol. The lowest BCUT2D eigenvalue weighted by molar-refractivity contribution is -0.131. The highest BCUT2D eigenvalue weighted by atomic mass is 16.5. The average Bonchev–Trinajstić information content (AvgIpc) is 2.81. The molecular weight excluding hydrogens is 306 g/mol. The topological polar surface area (TPSA) is 75.9 Å². The van der Waals surface area contributed by atoms with Gasteiger partial charge in [-0.05, 0) is 30.0 Å². The van der Waals surface area contributed by atoms with Gasteiger partial charge in [0, 0.05) is 26.2 Å². The highest BCUT2D eigenvalue weighted by Gasteiger charge is 2.20. The number of primary amides is 1. The summed E-state index contributed by atoms with van der Waals surface area (Å²) in [5.41, 5.74) is 6.56. The van der Waals surface area contributed by atoms with Crippen molar-refractivity contribution in [2.45, 2.75) is 32.6 Å². The summed E-state index contributed by atoms with van der Waals surface area (Å²) in [4.78, 5) is 26.8. The van der Waals surface area contributed by atoms with Gasteiger partial charge in [-0.2, -0.15) is 0 Å². The molecule has 2 rings (SSSR count). The van der Waals surface area contributed by atoms with Crippen molar-refractivity contribution < 1.29 is 14.3 Å². The first-order valence-corrected chi connectivity index (χ1v) is 8.52. The molecule has 1 aliphatic rings. The number of ether oxygens (including phenoxy) is 1. The van der Waals surface area contributed by atoms with Gasteiger partial charge in [-0.1, -0.05) is 26.0 Å². The van der Waals surface area contributed by atoms with Crippen molar-refractivity contribution in [2.75, 3.05) is 32.8 Å². The Kier molecular flexibility index (Phi) is 6.46. The summed E-state index contributed by atoms with van der Waals surface area (Å²) < 4.78 is 5.66. The van der Waals surface area contributed by atoms with Crippen LogP contribution in [0.15, 0.2) is 24.3 Å². The predicted octanol–water partition coefficient (Wildman–Crippen LogP) is 2.19. The first-order valence-electron chi connectivity index (χ1n) is 8.52. The predicted molar refractivity (Wildman–Crippen MR) is 93.0 cm³/mol. The molecule has 1 saturated heterocycles. The quantitative estimate of drug-likeness (QED) is 0.897. The molecule has 0 bridgehead atoms. The van der Waals surface area contributed by atoms with Gasteiger partial charge in [-0.3, -0.25) is 4.79 Å². The largest absolute Gasteiger partial charge is 0.493 e. The molecule has 132 valence electrons. The Morgan fingerprint density at radius 3 is 2.33 bits per heavy atom. The maximum Gasteiger partial charge on any atom is 0.314 e. The number of hydrogen-bond donors (Lipinski definition) is 1. The molecule has 6 nitrogen and oxygen atoms in total. The van der Waals surface area contributed by atoms with Gasteiger partial charge in [-0.15, -0.1) is 0 Å². The molecule has 0 saturated carbocycles. The Labute approximate surface area is 143 Å². The van der Waals surface area contributed by atoms with E-state index in [0.29, 0.717) is 45.1 Å². The number of hydrogen-bond acceptors (Lipinski definition) is 3. The van der Waals surface area contributed by atoms with Crippen molar-refractivity contribution in [3.8, 4) is 5.75 Å². The van der Waals surface area contributed by atoms with Crippen molar-refractivity contribution in [1.82, 2.24) is 9.80 Å². The molecule has 1 aromatic carbocycles. The lowest BCUT2D eigenvalue weighted by Crippen LogP contribution is -2.40. The van der Waals surface area contributed by atoms with Gasteiger partial charge >= 0.3 is 6.03 Å². The Bertz CT molecular complexity index is 557. The molecule has 1 aromatic rings. The van der Waals surface area contributed by atoms with Crippen LogP contribution >= 0.6 is 0 Å². The lowest BCUT2D eigenvalue weighted by atomic mass is 10.0. The van der Waals surface area contributed by atoms with Crippen LogP contribution in [0.1, 0.15) is 38.2 Å². The molecule has 0 unspecified atom stereocenters. The maximum absolute atomic E-state index is 12.3. The van der Waals surface area contributed by atoms with Crippen molar-refractivity contribution in [3.63, 3.8) is 0 Å². The first kappa shape index (κ1) is 18.1. The zero-order valence-electron chi connectivity index (χ0n) is 14.5. The molecular formula is C18H27N3O3. The molecule has 6 heteroatoms. The molecule has 2 N–H and O–H groups in total. The third kappa shape index (κ3) is 5.15. The standard InChI is InChI=1S/C18H27N3O3/c1-14(2)15-4-6-16(7-5-15)24-13-8-17(22)20-9-3-10-21(12-11-20)18(19)23/h4-7,14H,3,8-13H2,1-2H3,(H2,19,23). The van der Waals surface area contributed by atoms with E-state index in [1.807, 2.05) is 12.1 Å². The van der Waals surface area contributed by atoms with Crippen LogP contribution in [0.3, 0.4) is 0 Å². The third-order valence-corrected chi connectivity index (χ3v) is 4.29. The van der Waals surface area contributed by atoms with Crippen LogP contribution in [0.4, 0.5) is 4.79 Å². The van der Waals surface area contributed by atoms with Crippen molar-refractivity contribution >= 4 is 11.9 Å². The summed E-state index contributed by atoms with van der Waals surface area (Å²) in [6.45, 7) is 6.95. The summed E-state index contributed by atoms with van der Waals surface area (Å²) in [5.74, 6) is 1.33. The zero-order chi connectivity index (χ0) is 17.5. The molecule has 24 heavy (non-hydrogen) atoms. The summed E-state index contributed by atoms with van der Waals surface area (Å²) >= 11 is 0. The molecule has 1 fully saturated rings. The van der Waals surface area contributed by atoms with E-state index in [4.69, 9.17) is 10.5 Å². The fourth-order valence-electron chi connectivity index (χ4n) is 2.75. The Morgan fingerprint density at radius 2 is 1.71 bits per heavy atom. The number of rotatable bonds is 5. The minimum Gasteiger partial charge on any atom is -0.493 e. The normalized spacial score (nSPS) is 15.3. The minimum atomic E-state index is -0.419. The fraction of sp³-hybridized carbons (Fsp3) is 0.556. The molecule has 0 radical (unpaired) electrons. The minimum absolute atomic E-state index is 0.0557. The Morgan fingerprint density at radius 1 is 1.08 bits per heavy atom. The van der Waals surface area contributed by atoms with E-state index in [1.54, 1.807) is 9.80 Å². The Hall–Kier alpha value is -2.24. The molecule has 0 aliphatic carbocycles. The number of carbonyl (C=O) groups excluding carboxylic acids is 2. The number of nitrogens with zero attached hydrogens (tertiary/aromatic N) is 2. The van der Waals surface area contributed by atoms with Gasteiger partial charge in [0.05, 0.1) is 13.0 Å². The third-order valence-electron chi connectivity index (χ3n) is 4.29. The van der Waals surface area contributed by atoms with Crippen LogP contribution in [-0.2, 0) is 4.79 Å². The number of nitrogens with two attached hydrogens (primary N) is 1.